The van der Waals surface area contributed by atoms with Crippen molar-refractivity contribution in [2.75, 3.05) is 33.5 Å². The SMILES string of the molecule is CNC1(Cc2ccc3c(c2)OCCO3)CCOCC1. The molecule has 0 aromatic heterocycles. The lowest BCUT2D eigenvalue weighted by Gasteiger charge is -2.37. The molecule has 0 bridgehead atoms. The normalized spacial score (nSPS) is 21.1. The number of nitrogens with one attached hydrogen (secondary N) is 1. The van der Waals surface area contributed by atoms with Crippen molar-refractivity contribution in [1.82, 2.24) is 5.32 Å². The summed E-state index contributed by atoms with van der Waals surface area (Å²) in [4.78, 5) is 0. The van der Waals surface area contributed by atoms with Crippen LogP contribution in [0.3, 0.4) is 0 Å². The zero-order chi connectivity index (χ0) is 13.1. The van der Waals surface area contributed by atoms with Crippen LogP contribution in [0, 0.1) is 0 Å². The zero-order valence-electron chi connectivity index (χ0n) is 11.4. The fourth-order valence-electron chi connectivity index (χ4n) is 2.87. The van der Waals surface area contributed by atoms with E-state index in [0.717, 1.165) is 44.0 Å². The number of fused-ring (bicyclic) bond motifs is 1. The number of rotatable bonds is 3. The van der Waals surface area contributed by atoms with Crippen molar-refractivity contribution in [3.05, 3.63) is 23.8 Å². The minimum Gasteiger partial charge on any atom is -0.486 e. The summed E-state index contributed by atoms with van der Waals surface area (Å²) in [6.07, 6.45) is 3.11. The number of ether oxygens (including phenoxy) is 3. The summed E-state index contributed by atoms with van der Waals surface area (Å²) in [5.74, 6) is 1.74. The Balaban J connectivity index is 1.78. The van der Waals surface area contributed by atoms with Gasteiger partial charge in [0.25, 0.3) is 0 Å². The largest absolute Gasteiger partial charge is 0.486 e. The predicted octanol–water partition coefficient (Wildman–Crippen LogP) is 1.77. The van der Waals surface area contributed by atoms with E-state index in [1.807, 2.05) is 13.1 Å². The molecule has 1 saturated heterocycles. The Kier molecular flexibility index (Phi) is 3.62. The van der Waals surface area contributed by atoms with Gasteiger partial charge in [-0.1, -0.05) is 6.07 Å². The molecule has 2 aliphatic heterocycles. The van der Waals surface area contributed by atoms with Crippen molar-refractivity contribution >= 4 is 0 Å². The minimum absolute atomic E-state index is 0.155. The van der Waals surface area contributed by atoms with E-state index in [-0.39, 0.29) is 5.54 Å². The summed E-state index contributed by atoms with van der Waals surface area (Å²) in [6, 6.07) is 6.28. The Hall–Kier alpha value is -1.26. The number of benzene rings is 1. The highest BCUT2D eigenvalue weighted by Gasteiger charge is 2.31. The van der Waals surface area contributed by atoms with Crippen LogP contribution in [0.5, 0.6) is 11.5 Å². The second-order valence-electron chi connectivity index (χ2n) is 5.30. The standard InChI is InChI=1S/C15H21NO3/c1-16-15(4-6-17-7-5-15)11-12-2-3-13-14(10-12)19-9-8-18-13/h2-3,10,16H,4-9,11H2,1H3. The van der Waals surface area contributed by atoms with Gasteiger partial charge in [-0.05, 0) is 44.0 Å². The minimum atomic E-state index is 0.155. The van der Waals surface area contributed by atoms with E-state index in [2.05, 4.69) is 17.4 Å². The van der Waals surface area contributed by atoms with Gasteiger partial charge in [0.1, 0.15) is 13.2 Å². The average Bonchev–Trinajstić information content (AvgIpc) is 2.48. The van der Waals surface area contributed by atoms with Gasteiger partial charge in [-0.3, -0.25) is 0 Å². The molecule has 0 amide bonds. The molecule has 2 aliphatic rings. The molecule has 0 unspecified atom stereocenters. The Morgan fingerprint density at radius 1 is 1.05 bits per heavy atom. The van der Waals surface area contributed by atoms with Gasteiger partial charge in [0.15, 0.2) is 11.5 Å². The second-order valence-corrected chi connectivity index (χ2v) is 5.30. The summed E-state index contributed by atoms with van der Waals surface area (Å²) in [6.45, 7) is 2.96. The summed E-state index contributed by atoms with van der Waals surface area (Å²) < 4.78 is 16.7. The third kappa shape index (κ3) is 2.69. The topological polar surface area (TPSA) is 39.7 Å². The van der Waals surface area contributed by atoms with Crippen LogP contribution >= 0.6 is 0 Å². The third-order valence-corrected chi connectivity index (χ3v) is 4.13. The van der Waals surface area contributed by atoms with Crippen molar-refractivity contribution < 1.29 is 14.2 Å². The van der Waals surface area contributed by atoms with Gasteiger partial charge < -0.3 is 19.5 Å². The van der Waals surface area contributed by atoms with Crippen molar-refractivity contribution in [3.63, 3.8) is 0 Å². The lowest BCUT2D eigenvalue weighted by Crippen LogP contribution is -2.49. The predicted molar refractivity (Wildman–Crippen MR) is 73.0 cm³/mol. The molecule has 19 heavy (non-hydrogen) atoms. The van der Waals surface area contributed by atoms with Crippen molar-refractivity contribution in [2.24, 2.45) is 0 Å². The second kappa shape index (κ2) is 5.39. The molecule has 4 nitrogen and oxygen atoms in total. The highest BCUT2D eigenvalue weighted by Crippen LogP contribution is 2.33. The maximum Gasteiger partial charge on any atom is 0.161 e. The fourth-order valence-corrected chi connectivity index (χ4v) is 2.87. The smallest absolute Gasteiger partial charge is 0.161 e. The van der Waals surface area contributed by atoms with Crippen molar-refractivity contribution in [3.8, 4) is 11.5 Å². The first-order valence-electron chi connectivity index (χ1n) is 6.97. The summed E-state index contributed by atoms with van der Waals surface area (Å²) >= 11 is 0. The zero-order valence-corrected chi connectivity index (χ0v) is 11.4. The van der Waals surface area contributed by atoms with Gasteiger partial charge in [-0.15, -0.1) is 0 Å². The highest BCUT2D eigenvalue weighted by molar-refractivity contribution is 5.44. The van der Waals surface area contributed by atoms with Crippen molar-refractivity contribution in [1.29, 1.82) is 0 Å². The van der Waals surface area contributed by atoms with Gasteiger partial charge in [0.2, 0.25) is 0 Å². The Bertz CT molecular complexity index is 441. The average molecular weight is 263 g/mol. The van der Waals surface area contributed by atoms with Crippen LogP contribution < -0.4 is 14.8 Å². The van der Waals surface area contributed by atoms with E-state index in [1.165, 1.54) is 5.56 Å². The molecule has 0 spiro atoms. The monoisotopic (exact) mass is 263 g/mol. The first-order chi connectivity index (χ1) is 9.31. The van der Waals surface area contributed by atoms with Crippen LogP contribution in [-0.4, -0.2) is 39.0 Å². The lowest BCUT2D eigenvalue weighted by atomic mass is 9.84. The van der Waals surface area contributed by atoms with E-state index in [1.54, 1.807) is 0 Å². The van der Waals surface area contributed by atoms with E-state index >= 15 is 0 Å². The molecule has 0 radical (unpaired) electrons. The fraction of sp³-hybridized carbons (Fsp3) is 0.600. The van der Waals surface area contributed by atoms with Crippen LogP contribution in [0.4, 0.5) is 0 Å². The molecule has 0 aliphatic carbocycles. The van der Waals surface area contributed by atoms with E-state index in [9.17, 15) is 0 Å². The molecule has 0 atom stereocenters. The summed E-state index contributed by atoms with van der Waals surface area (Å²) in [5.41, 5.74) is 1.45. The van der Waals surface area contributed by atoms with Crippen LogP contribution in [0.1, 0.15) is 18.4 Å². The van der Waals surface area contributed by atoms with Gasteiger partial charge in [-0.25, -0.2) is 0 Å². The van der Waals surface area contributed by atoms with Crippen LogP contribution in [0.2, 0.25) is 0 Å². The molecule has 0 saturated carbocycles. The Labute approximate surface area is 114 Å². The van der Waals surface area contributed by atoms with E-state index in [4.69, 9.17) is 14.2 Å². The van der Waals surface area contributed by atoms with Crippen LogP contribution in [0.25, 0.3) is 0 Å². The number of likely N-dealkylation sites (N-methyl/N-ethyl adjacent to an activating group) is 1. The first-order valence-corrected chi connectivity index (χ1v) is 6.97. The van der Waals surface area contributed by atoms with Crippen molar-refractivity contribution in [2.45, 2.75) is 24.8 Å². The third-order valence-electron chi connectivity index (χ3n) is 4.13. The number of hydrogen-bond acceptors (Lipinski definition) is 4. The molecule has 1 fully saturated rings. The summed E-state index contributed by atoms with van der Waals surface area (Å²) in [5, 5.41) is 3.49. The maximum absolute atomic E-state index is 5.65. The van der Waals surface area contributed by atoms with Gasteiger partial charge in [0, 0.05) is 18.8 Å². The molecule has 2 heterocycles. The quantitative estimate of drug-likeness (QED) is 0.902. The van der Waals surface area contributed by atoms with Gasteiger partial charge in [-0.2, -0.15) is 0 Å². The van der Waals surface area contributed by atoms with Crippen LogP contribution in [-0.2, 0) is 11.2 Å². The highest BCUT2D eigenvalue weighted by atomic mass is 16.6. The summed E-state index contributed by atoms with van der Waals surface area (Å²) in [7, 11) is 2.04. The molecule has 1 aromatic rings. The molecular formula is C15H21NO3. The molecule has 3 rings (SSSR count). The molecular weight excluding hydrogens is 242 g/mol. The Morgan fingerprint density at radius 3 is 2.53 bits per heavy atom. The van der Waals surface area contributed by atoms with Crippen LogP contribution in [0.15, 0.2) is 18.2 Å². The van der Waals surface area contributed by atoms with E-state index < -0.39 is 0 Å². The molecule has 4 heteroatoms. The maximum atomic E-state index is 5.65. The van der Waals surface area contributed by atoms with Gasteiger partial charge >= 0.3 is 0 Å². The molecule has 1 aromatic carbocycles. The Morgan fingerprint density at radius 2 is 1.79 bits per heavy atom. The number of hydrogen-bond donors (Lipinski definition) is 1. The lowest BCUT2D eigenvalue weighted by molar-refractivity contribution is 0.0412. The van der Waals surface area contributed by atoms with Gasteiger partial charge in [0.05, 0.1) is 0 Å². The molecule has 1 N–H and O–H groups in total. The molecule has 104 valence electrons. The first kappa shape index (κ1) is 12.8. The van der Waals surface area contributed by atoms with E-state index in [0.29, 0.717) is 13.2 Å².